The van der Waals surface area contributed by atoms with Gasteiger partial charge in [-0.05, 0) is 49.2 Å². The molecule has 7 heteroatoms. The average molecular weight is 397 g/mol. The second-order valence-electron chi connectivity index (χ2n) is 6.25. The van der Waals surface area contributed by atoms with Crippen molar-refractivity contribution in [3.8, 4) is 5.75 Å². The van der Waals surface area contributed by atoms with E-state index in [1.54, 1.807) is 38.3 Å². The summed E-state index contributed by atoms with van der Waals surface area (Å²) in [6, 6.07) is 14.7. The molecule has 2 aromatic carbocycles. The Morgan fingerprint density at radius 1 is 1.11 bits per heavy atom. The van der Waals surface area contributed by atoms with Gasteiger partial charge in [-0.2, -0.15) is 0 Å². The zero-order valence-corrected chi connectivity index (χ0v) is 16.7. The van der Waals surface area contributed by atoms with E-state index in [1.807, 2.05) is 31.2 Å². The number of carbonyl (C=O) groups is 1. The zero-order valence-electron chi connectivity index (χ0n) is 15.9. The van der Waals surface area contributed by atoms with Gasteiger partial charge in [-0.3, -0.25) is 4.79 Å². The number of ether oxygens (including phenoxy) is 1. The van der Waals surface area contributed by atoms with Crippen LogP contribution in [0.5, 0.6) is 5.75 Å². The third kappa shape index (κ3) is 4.78. The summed E-state index contributed by atoms with van der Waals surface area (Å²) in [5.74, 6) is 1.57. The molecule has 0 spiro atoms. The molecule has 0 unspecified atom stereocenters. The molecule has 0 saturated heterocycles. The highest BCUT2D eigenvalue weighted by molar-refractivity contribution is 6.31. The topological polar surface area (TPSA) is 76.1 Å². The summed E-state index contributed by atoms with van der Waals surface area (Å²) in [5, 5.41) is 6.67. The van der Waals surface area contributed by atoms with E-state index in [0.717, 1.165) is 16.9 Å². The van der Waals surface area contributed by atoms with E-state index < -0.39 is 0 Å². The van der Waals surface area contributed by atoms with E-state index in [2.05, 4.69) is 20.6 Å². The van der Waals surface area contributed by atoms with Gasteiger partial charge in [0.05, 0.1) is 7.11 Å². The predicted octanol–water partition coefficient (Wildman–Crippen LogP) is 4.62. The van der Waals surface area contributed by atoms with Crippen LogP contribution in [0, 0.1) is 13.8 Å². The number of hydrogen-bond acceptors (Lipinski definition) is 5. The van der Waals surface area contributed by atoms with Crippen LogP contribution in [0.25, 0.3) is 0 Å². The Bertz CT molecular complexity index is 990. The largest absolute Gasteiger partial charge is 0.497 e. The summed E-state index contributed by atoms with van der Waals surface area (Å²) in [6.45, 7) is 4.17. The number of carbonyl (C=O) groups excluding carboxylic acids is 1. The Kier molecular flexibility index (Phi) is 6.11. The fraction of sp³-hybridized carbons (Fsp3) is 0.190. The van der Waals surface area contributed by atoms with E-state index in [4.69, 9.17) is 16.3 Å². The maximum absolute atomic E-state index is 12.6. The molecule has 0 aliphatic heterocycles. The maximum atomic E-state index is 12.6. The van der Waals surface area contributed by atoms with Crippen molar-refractivity contribution < 1.29 is 9.53 Å². The molecule has 2 N–H and O–H groups in total. The first-order valence-electron chi connectivity index (χ1n) is 8.75. The van der Waals surface area contributed by atoms with Gasteiger partial charge in [-0.15, -0.1) is 0 Å². The Morgan fingerprint density at radius 3 is 2.57 bits per heavy atom. The number of halogens is 1. The molecule has 28 heavy (non-hydrogen) atoms. The quantitative estimate of drug-likeness (QED) is 0.635. The molecule has 0 atom stereocenters. The van der Waals surface area contributed by atoms with Gasteiger partial charge in [-0.25, -0.2) is 9.97 Å². The molecule has 1 aromatic heterocycles. The lowest BCUT2D eigenvalue weighted by molar-refractivity contribution is 0.102. The van der Waals surface area contributed by atoms with Gasteiger partial charge >= 0.3 is 0 Å². The molecule has 3 aromatic rings. The van der Waals surface area contributed by atoms with Crippen molar-refractivity contribution in [1.29, 1.82) is 0 Å². The van der Waals surface area contributed by atoms with E-state index in [9.17, 15) is 4.79 Å². The number of hydrogen-bond donors (Lipinski definition) is 2. The zero-order chi connectivity index (χ0) is 20.1. The second-order valence-corrected chi connectivity index (χ2v) is 6.66. The van der Waals surface area contributed by atoms with Gasteiger partial charge in [0, 0.05) is 23.3 Å². The number of nitrogens with zero attached hydrogens (tertiary/aromatic N) is 2. The number of methoxy groups -OCH3 is 1. The fourth-order valence-corrected chi connectivity index (χ4v) is 2.81. The molecular formula is C21H21ClN4O2. The molecule has 0 fully saturated rings. The van der Waals surface area contributed by atoms with Crippen LogP contribution in [-0.4, -0.2) is 23.0 Å². The van der Waals surface area contributed by atoms with Crippen LogP contribution in [0.15, 0.2) is 48.5 Å². The van der Waals surface area contributed by atoms with Crippen molar-refractivity contribution >= 4 is 29.0 Å². The van der Waals surface area contributed by atoms with Gasteiger partial charge in [0.25, 0.3) is 5.91 Å². The van der Waals surface area contributed by atoms with Gasteiger partial charge in [-0.1, -0.05) is 29.8 Å². The number of nitrogens with one attached hydrogen (secondary N) is 2. The van der Waals surface area contributed by atoms with Crippen LogP contribution < -0.4 is 15.4 Å². The molecule has 144 valence electrons. The number of amides is 1. The highest BCUT2D eigenvalue weighted by Gasteiger charge is 2.13. The Hall–Kier alpha value is -3.12. The molecule has 0 bridgehead atoms. The lowest BCUT2D eigenvalue weighted by atomic mass is 10.2. The second kappa shape index (κ2) is 8.71. The minimum Gasteiger partial charge on any atom is -0.497 e. The minimum absolute atomic E-state index is 0.282. The molecule has 1 heterocycles. The number of anilines is 2. The standard InChI is InChI=1S/C21H21ClN4O2/c1-13-17(22)5-4-6-18(13)26-21(27)19-11-20(25-14(2)24-19)23-12-15-7-9-16(28-3)10-8-15/h4-11H,12H2,1-3H3,(H,26,27)(H,23,24,25). The van der Waals surface area contributed by atoms with Crippen LogP contribution in [0.2, 0.25) is 5.02 Å². The molecule has 1 amide bonds. The first kappa shape index (κ1) is 19.6. The third-order valence-electron chi connectivity index (χ3n) is 4.22. The minimum atomic E-state index is -0.316. The van der Waals surface area contributed by atoms with E-state index in [0.29, 0.717) is 28.9 Å². The molecule has 3 rings (SSSR count). The van der Waals surface area contributed by atoms with Crippen LogP contribution in [0.4, 0.5) is 11.5 Å². The van der Waals surface area contributed by atoms with Crippen LogP contribution in [0.3, 0.4) is 0 Å². The maximum Gasteiger partial charge on any atom is 0.274 e. The Labute approximate surface area is 168 Å². The summed E-state index contributed by atoms with van der Waals surface area (Å²) in [4.78, 5) is 21.2. The monoisotopic (exact) mass is 396 g/mol. The van der Waals surface area contributed by atoms with Gasteiger partial charge in [0.1, 0.15) is 23.1 Å². The average Bonchev–Trinajstić information content (AvgIpc) is 2.70. The molecule has 0 radical (unpaired) electrons. The lowest BCUT2D eigenvalue weighted by Crippen LogP contribution is -2.16. The van der Waals surface area contributed by atoms with Crippen molar-refractivity contribution in [2.75, 3.05) is 17.7 Å². The molecule has 0 saturated carbocycles. The lowest BCUT2D eigenvalue weighted by Gasteiger charge is -2.11. The van der Waals surface area contributed by atoms with Crippen molar-refractivity contribution in [2.24, 2.45) is 0 Å². The summed E-state index contributed by atoms with van der Waals surface area (Å²) < 4.78 is 5.16. The Morgan fingerprint density at radius 2 is 1.86 bits per heavy atom. The van der Waals surface area contributed by atoms with Crippen LogP contribution in [0.1, 0.15) is 27.4 Å². The normalized spacial score (nSPS) is 10.4. The third-order valence-corrected chi connectivity index (χ3v) is 4.63. The van der Waals surface area contributed by atoms with Crippen molar-refractivity contribution in [1.82, 2.24) is 9.97 Å². The van der Waals surface area contributed by atoms with Gasteiger partial charge in [0.15, 0.2) is 0 Å². The summed E-state index contributed by atoms with van der Waals surface area (Å²) >= 11 is 6.12. The van der Waals surface area contributed by atoms with Gasteiger partial charge < -0.3 is 15.4 Å². The fourth-order valence-electron chi connectivity index (χ4n) is 2.64. The SMILES string of the molecule is COc1ccc(CNc2cc(C(=O)Nc3cccc(Cl)c3C)nc(C)n2)cc1. The predicted molar refractivity (Wildman–Crippen MR) is 111 cm³/mol. The first-order chi connectivity index (χ1) is 13.5. The first-order valence-corrected chi connectivity index (χ1v) is 9.13. The van der Waals surface area contributed by atoms with Crippen molar-refractivity contribution in [2.45, 2.75) is 20.4 Å². The summed E-state index contributed by atoms with van der Waals surface area (Å²) in [7, 11) is 1.63. The Balaban J connectivity index is 1.73. The van der Waals surface area contributed by atoms with E-state index in [-0.39, 0.29) is 11.6 Å². The summed E-state index contributed by atoms with van der Waals surface area (Å²) in [6.07, 6.45) is 0. The number of aromatic nitrogens is 2. The summed E-state index contributed by atoms with van der Waals surface area (Å²) in [5.41, 5.74) is 2.81. The molecule has 0 aliphatic rings. The van der Waals surface area contributed by atoms with Crippen LogP contribution in [-0.2, 0) is 6.54 Å². The highest BCUT2D eigenvalue weighted by atomic mass is 35.5. The van der Waals surface area contributed by atoms with Crippen LogP contribution >= 0.6 is 11.6 Å². The molecular weight excluding hydrogens is 376 g/mol. The smallest absolute Gasteiger partial charge is 0.274 e. The number of rotatable bonds is 6. The number of aryl methyl sites for hydroxylation is 1. The van der Waals surface area contributed by atoms with E-state index >= 15 is 0 Å². The van der Waals surface area contributed by atoms with Gasteiger partial charge in [0.2, 0.25) is 0 Å². The number of benzene rings is 2. The molecule has 0 aliphatic carbocycles. The highest BCUT2D eigenvalue weighted by Crippen LogP contribution is 2.23. The van der Waals surface area contributed by atoms with Crippen molar-refractivity contribution in [3.05, 3.63) is 76.2 Å². The van der Waals surface area contributed by atoms with Crippen molar-refractivity contribution in [3.63, 3.8) is 0 Å². The molecule has 6 nitrogen and oxygen atoms in total. The van der Waals surface area contributed by atoms with E-state index in [1.165, 1.54) is 0 Å².